The smallest absolute Gasteiger partial charge is 0.247 e. The Morgan fingerprint density at radius 3 is 2.35 bits per heavy atom. The summed E-state index contributed by atoms with van der Waals surface area (Å²) in [5.41, 5.74) is -0.0349. The molecular formula is C27H40N4O6. The fraction of sp³-hybridized carbons (Fsp3) is 0.556. The maximum atomic E-state index is 13.7. The van der Waals surface area contributed by atoms with Crippen LogP contribution in [0.2, 0.25) is 0 Å². The minimum atomic E-state index is -0.989. The molecule has 2 N–H and O–H groups in total. The van der Waals surface area contributed by atoms with Gasteiger partial charge in [0.05, 0.1) is 14.2 Å². The van der Waals surface area contributed by atoms with E-state index in [0.717, 1.165) is 0 Å². The Morgan fingerprint density at radius 2 is 1.81 bits per heavy atom. The molecule has 0 saturated heterocycles. The van der Waals surface area contributed by atoms with Crippen molar-refractivity contribution in [3.05, 3.63) is 35.6 Å². The van der Waals surface area contributed by atoms with Gasteiger partial charge in [0.15, 0.2) is 17.3 Å². The van der Waals surface area contributed by atoms with Gasteiger partial charge < -0.3 is 29.5 Å². The largest absolute Gasteiger partial charge is 0.493 e. The lowest BCUT2D eigenvalue weighted by atomic mass is 9.98. The summed E-state index contributed by atoms with van der Waals surface area (Å²) in [6.07, 6.45) is 0.500. The van der Waals surface area contributed by atoms with E-state index in [4.69, 9.17) is 14.0 Å². The van der Waals surface area contributed by atoms with Crippen molar-refractivity contribution in [1.82, 2.24) is 15.4 Å². The van der Waals surface area contributed by atoms with Crippen molar-refractivity contribution >= 4 is 23.5 Å². The SMILES string of the molecule is COc1cccc([C@H](C(=O)NC(C)(C)C)N(CCC(C)C)C(=O)CCC(=O)Nc2cc(C)on2)c1OC. The first-order valence-electron chi connectivity index (χ1n) is 12.4. The average Bonchev–Trinajstić information content (AvgIpc) is 3.22. The van der Waals surface area contributed by atoms with Crippen molar-refractivity contribution in [2.75, 3.05) is 26.1 Å². The quantitative estimate of drug-likeness (QED) is 0.432. The Labute approximate surface area is 219 Å². The molecule has 3 amide bonds. The topological polar surface area (TPSA) is 123 Å². The van der Waals surface area contributed by atoms with E-state index in [2.05, 4.69) is 15.8 Å². The number of rotatable bonds is 12. The van der Waals surface area contributed by atoms with Gasteiger partial charge in [-0.25, -0.2) is 0 Å². The van der Waals surface area contributed by atoms with Gasteiger partial charge in [-0.15, -0.1) is 0 Å². The van der Waals surface area contributed by atoms with E-state index >= 15 is 0 Å². The number of nitrogens with one attached hydrogen (secondary N) is 2. The van der Waals surface area contributed by atoms with Crippen LogP contribution in [0.15, 0.2) is 28.8 Å². The van der Waals surface area contributed by atoms with Crippen LogP contribution < -0.4 is 20.1 Å². The molecule has 204 valence electrons. The van der Waals surface area contributed by atoms with E-state index in [1.165, 1.54) is 19.1 Å². The molecule has 0 unspecified atom stereocenters. The Kier molecular flexibility index (Phi) is 10.5. The van der Waals surface area contributed by atoms with Gasteiger partial charge in [0.2, 0.25) is 17.7 Å². The predicted octanol–water partition coefficient (Wildman–Crippen LogP) is 4.25. The standard InChI is InChI=1S/C27H40N4O6/c1-17(2)14-15-31(23(33)13-12-22(32)28-21-16-18(3)37-30-21)24(26(34)29-27(4,5)6)19-10-9-11-20(35-7)25(19)36-8/h9-11,16-17,24H,12-15H2,1-8H3,(H,29,34)(H,28,30,32)/t24-/m1/s1. The van der Waals surface area contributed by atoms with Crippen LogP contribution in [0.5, 0.6) is 11.5 Å². The van der Waals surface area contributed by atoms with Crippen LogP contribution in [-0.4, -0.2) is 54.1 Å². The highest BCUT2D eigenvalue weighted by atomic mass is 16.5. The Balaban J connectivity index is 2.41. The van der Waals surface area contributed by atoms with E-state index in [9.17, 15) is 14.4 Å². The van der Waals surface area contributed by atoms with Gasteiger partial charge in [0.25, 0.3) is 0 Å². The first-order chi connectivity index (χ1) is 17.4. The molecule has 2 rings (SSSR count). The van der Waals surface area contributed by atoms with Gasteiger partial charge in [0, 0.05) is 36.6 Å². The summed E-state index contributed by atoms with van der Waals surface area (Å²) < 4.78 is 16.0. The lowest BCUT2D eigenvalue weighted by Gasteiger charge is -2.35. The minimum Gasteiger partial charge on any atom is -0.493 e. The molecule has 1 aromatic heterocycles. The fourth-order valence-corrected chi connectivity index (χ4v) is 3.81. The molecule has 37 heavy (non-hydrogen) atoms. The number of ether oxygens (including phenoxy) is 2. The first-order valence-corrected chi connectivity index (χ1v) is 12.4. The van der Waals surface area contributed by atoms with E-state index in [0.29, 0.717) is 35.8 Å². The zero-order valence-corrected chi connectivity index (χ0v) is 23.1. The van der Waals surface area contributed by atoms with Crippen LogP contribution in [0, 0.1) is 12.8 Å². The number of anilines is 1. The Morgan fingerprint density at radius 1 is 1.11 bits per heavy atom. The van der Waals surface area contributed by atoms with Gasteiger partial charge in [0.1, 0.15) is 11.8 Å². The summed E-state index contributed by atoms with van der Waals surface area (Å²) >= 11 is 0. The van der Waals surface area contributed by atoms with E-state index in [-0.39, 0.29) is 42.3 Å². The van der Waals surface area contributed by atoms with E-state index in [1.54, 1.807) is 31.2 Å². The number of hydrogen-bond acceptors (Lipinski definition) is 7. The number of aryl methyl sites for hydroxylation is 1. The van der Waals surface area contributed by atoms with Crippen LogP contribution in [0.4, 0.5) is 5.82 Å². The summed E-state index contributed by atoms with van der Waals surface area (Å²) in [5, 5.41) is 9.37. The molecule has 0 fully saturated rings. The number of carbonyl (C=O) groups is 3. The molecule has 10 nitrogen and oxygen atoms in total. The van der Waals surface area contributed by atoms with Gasteiger partial charge in [-0.1, -0.05) is 31.1 Å². The summed E-state index contributed by atoms with van der Waals surface area (Å²) in [6.45, 7) is 11.8. The molecule has 0 aliphatic heterocycles. The fourth-order valence-electron chi connectivity index (χ4n) is 3.81. The minimum absolute atomic E-state index is 0.0776. The highest BCUT2D eigenvalue weighted by molar-refractivity contribution is 5.94. The molecule has 0 bridgehead atoms. The average molecular weight is 517 g/mol. The highest BCUT2D eigenvalue weighted by Crippen LogP contribution is 2.38. The molecule has 1 atom stereocenters. The maximum absolute atomic E-state index is 13.7. The van der Waals surface area contributed by atoms with Gasteiger partial charge in [-0.3, -0.25) is 14.4 Å². The number of methoxy groups -OCH3 is 2. The number of hydrogen-bond donors (Lipinski definition) is 2. The number of carbonyl (C=O) groups excluding carboxylic acids is 3. The maximum Gasteiger partial charge on any atom is 0.247 e. The molecule has 2 aromatic rings. The number of benzene rings is 1. The number of aromatic nitrogens is 1. The van der Waals surface area contributed by atoms with Crippen LogP contribution >= 0.6 is 0 Å². The molecule has 0 aliphatic carbocycles. The summed E-state index contributed by atoms with van der Waals surface area (Å²) in [5.74, 6) is 0.909. The van der Waals surface area contributed by atoms with Crippen molar-refractivity contribution < 1.29 is 28.4 Å². The third kappa shape index (κ3) is 8.80. The molecule has 0 radical (unpaired) electrons. The lowest BCUT2D eigenvalue weighted by molar-refractivity contribution is -0.142. The molecule has 0 spiro atoms. The molecular weight excluding hydrogens is 476 g/mol. The second kappa shape index (κ2) is 13.1. The Hall–Kier alpha value is -3.56. The first kappa shape index (κ1) is 29.7. The van der Waals surface area contributed by atoms with Crippen molar-refractivity contribution in [2.45, 2.75) is 72.4 Å². The van der Waals surface area contributed by atoms with Crippen LogP contribution in [0.1, 0.15) is 71.2 Å². The van der Waals surface area contributed by atoms with Crippen molar-refractivity contribution in [2.24, 2.45) is 5.92 Å². The molecule has 1 heterocycles. The monoisotopic (exact) mass is 516 g/mol. The van der Waals surface area contributed by atoms with Crippen molar-refractivity contribution in [1.29, 1.82) is 0 Å². The summed E-state index contributed by atoms with van der Waals surface area (Å²) in [4.78, 5) is 41.3. The van der Waals surface area contributed by atoms with Gasteiger partial charge in [-0.2, -0.15) is 0 Å². The number of amides is 3. The molecule has 0 saturated carbocycles. The second-order valence-corrected chi connectivity index (χ2v) is 10.4. The summed E-state index contributed by atoms with van der Waals surface area (Å²) in [7, 11) is 3.01. The van der Waals surface area contributed by atoms with E-state index in [1.807, 2.05) is 34.6 Å². The molecule has 1 aromatic carbocycles. The number of para-hydroxylation sites is 1. The zero-order chi connectivity index (χ0) is 27.8. The van der Waals surface area contributed by atoms with Gasteiger partial charge in [-0.05, 0) is 46.1 Å². The summed E-state index contributed by atoms with van der Waals surface area (Å²) in [6, 6.07) is 5.85. The van der Waals surface area contributed by atoms with Crippen molar-refractivity contribution in [3.8, 4) is 11.5 Å². The van der Waals surface area contributed by atoms with Crippen molar-refractivity contribution in [3.63, 3.8) is 0 Å². The third-order valence-electron chi connectivity index (χ3n) is 5.52. The van der Waals surface area contributed by atoms with Gasteiger partial charge >= 0.3 is 0 Å². The Bertz CT molecular complexity index is 1070. The normalized spacial score (nSPS) is 12.1. The highest BCUT2D eigenvalue weighted by Gasteiger charge is 2.36. The second-order valence-electron chi connectivity index (χ2n) is 10.4. The predicted molar refractivity (Wildman–Crippen MR) is 140 cm³/mol. The van der Waals surface area contributed by atoms with Crippen LogP contribution in [0.3, 0.4) is 0 Å². The van der Waals surface area contributed by atoms with Crippen LogP contribution in [0.25, 0.3) is 0 Å². The van der Waals surface area contributed by atoms with Crippen LogP contribution in [-0.2, 0) is 14.4 Å². The lowest BCUT2D eigenvalue weighted by Crippen LogP contribution is -2.49. The van der Waals surface area contributed by atoms with E-state index < -0.39 is 11.6 Å². The molecule has 0 aliphatic rings. The third-order valence-corrected chi connectivity index (χ3v) is 5.52. The molecule has 10 heteroatoms. The number of nitrogens with zero attached hydrogens (tertiary/aromatic N) is 2. The zero-order valence-electron chi connectivity index (χ0n) is 23.1.